The van der Waals surface area contributed by atoms with E-state index in [0.717, 1.165) is 25.7 Å². The second kappa shape index (κ2) is 5.13. The van der Waals surface area contributed by atoms with Gasteiger partial charge in [-0.1, -0.05) is 38.3 Å². The molecule has 0 unspecified atom stereocenters. The highest BCUT2D eigenvalue weighted by molar-refractivity contribution is 6.21. The second-order valence-corrected chi connectivity index (χ2v) is 4.20. The Morgan fingerprint density at radius 2 is 1.65 bits per heavy atom. The summed E-state index contributed by atoms with van der Waals surface area (Å²) < 4.78 is 0. The predicted octanol–water partition coefficient (Wildman–Crippen LogP) is 3.02. The van der Waals surface area contributed by atoms with Gasteiger partial charge in [0.05, 0.1) is 17.7 Å². The zero-order valence-electron chi connectivity index (χ0n) is 9.98. The Balaban J connectivity index is 2.03. The van der Waals surface area contributed by atoms with Gasteiger partial charge < -0.3 is 0 Å². The topological polar surface area (TPSA) is 37.4 Å². The maximum atomic E-state index is 11.9. The van der Waals surface area contributed by atoms with Crippen LogP contribution in [0.5, 0.6) is 0 Å². The Bertz CT molecular complexity index is 405. The lowest BCUT2D eigenvalue weighted by Gasteiger charge is -2.12. The van der Waals surface area contributed by atoms with Crippen molar-refractivity contribution in [3.63, 3.8) is 0 Å². The second-order valence-electron chi connectivity index (χ2n) is 4.20. The van der Waals surface area contributed by atoms with Crippen molar-refractivity contribution in [1.82, 2.24) is 4.90 Å². The predicted molar refractivity (Wildman–Crippen MR) is 65.4 cm³/mol. The molecule has 0 aromatic heterocycles. The van der Waals surface area contributed by atoms with E-state index in [2.05, 4.69) is 6.92 Å². The van der Waals surface area contributed by atoms with Crippen LogP contribution in [0.25, 0.3) is 0 Å². The molecule has 1 aromatic rings. The fourth-order valence-electron chi connectivity index (χ4n) is 1.99. The molecule has 89 valence electrons. The molecule has 3 nitrogen and oxygen atoms in total. The number of carbonyl (C=O) groups excluding carboxylic acids is 2. The zero-order chi connectivity index (χ0) is 12.3. The normalized spacial score (nSPS) is 14.3. The first-order chi connectivity index (χ1) is 8.25. The first-order valence-electron chi connectivity index (χ1n) is 6.06. The lowest BCUT2D eigenvalue weighted by atomic mass is 10.1. The van der Waals surface area contributed by atoms with Gasteiger partial charge in [0.25, 0.3) is 11.8 Å². The van der Waals surface area contributed by atoms with Crippen LogP contribution in [0.15, 0.2) is 24.3 Å². The zero-order valence-corrected chi connectivity index (χ0v) is 9.98. The third-order valence-electron chi connectivity index (χ3n) is 2.94. The van der Waals surface area contributed by atoms with E-state index >= 15 is 0 Å². The molecular formula is C14H16NO2. The number of benzene rings is 1. The Hall–Kier alpha value is -1.64. The molecule has 1 heterocycles. The number of hydrogen-bond acceptors (Lipinski definition) is 2. The van der Waals surface area contributed by atoms with Crippen molar-refractivity contribution in [3.8, 4) is 0 Å². The molecule has 0 saturated carbocycles. The van der Waals surface area contributed by atoms with Gasteiger partial charge in [-0.15, -0.1) is 0 Å². The SMILES string of the molecule is CCCCC[CH]N1C(=O)c2ccccc2C1=O. The van der Waals surface area contributed by atoms with E-state index in [0.29, 0.717) is 11.1 Å². The van der Waals surface area contributed by atoms with Crippen molar-refractivity contribution < 1.29 is 9.59 Å². The molecule has 1 aromatic carbocycles. The van der Waals surface area contributed by atoms with E-state index in [-0.39, 0.29) is 11.8 Å². The van der Waals surface area contributed by atoms with Crippen LogP contribution in [0.2, 0.25) is 0 Å². The van der Waals surface area contributed by atoms with Gasteiger partial charge in [-0.25, -0.2) is 0 Å². The molecule has 0 N–H and O–H groups in total. The van der Waals surface area contributed by atoms with E-state index in [9.17, 15) is 9.59 Å². The maximum Gasteiger partial charge on any atom is 0.261 e. The molecule has 1 radical (unpaired) electrons. The minimum Gasteiger partial charge on any atom is -0.269 e. The number of fused-ring (bicyclic) bond motifs is 1. The van der Waals surface area contributed by atoms with E-state index in [4.69, 9.17) is 0 Å². The van der Waals surface area contributed by atoms with Gasteiger partial charge in [0.1, 0.15) is 0 Å². The molecule has 3 heteroatoms. The molecule has 1 aliphatic rings. The van der Waals surface area contributed by atoms with Gasteiger partial charge in [-0.05, 0) is 18.6 Å². The van der Waals surface area contributed by atoms with E-state index in [1.807, 2.05) is 0 Å². The first-order valence-corrected chi connectivity index (χ1v) is 6.06. The average molecular weight is 230 g/mol. The number of carbonyl (C=O) groups is 2. The largest absolute Gasteiger partial charge is 0.269 e. The van der Waals surface area contributed by atoms with Crippen LogP contribution in [-0.4, -0.2) is 16.7 Å². The molecule has 0 spiro atoms. The summed E-state index contributed by atoms with van der Waals surface area (Å²) in [6.45, 7) is 3.85. The lowest BCUT2D eigenvalue weighted by Crippen LogP contribution is -2.26. The molecule has 0 saturated heterocycles. The highest BCUT2D eigenvalue weighted by atomic mass is 16.2. The van der Waals surface area contributed by atoms with Gasteiger partial charge in [0.15, 0.2) is 0 Å². The Labute approximate surface area is 101 Å². The molecule has 0 atom stereocenters. The molecule has 1 aliphatic heterocycles. The summed E-state index contributed by atoms with van der Waals surface area (Å²) in [7, 11) is 0. The molecule has 0 aliphatic carbocycles. The summed E-state index contributed by atoms with van der Waals surface area (Å²) in [5.41, 5.74) is 1.04. The fourth-order valence-corrected chi connectivity index (χ4v) is 1.99. The first kappa shape index (κ1) is 11.8. The number of nitrogens with zero attached hydrogens (tertiary/aromatic N) is 1. The third kappa shape index (κ3) is 2.23. The molecular weight excluding hydrogens is 214 g/mol. The number of unbranched alkanes of at least 4 members (excludes halogenated alkanes) is 3. The van der Waals surface area contributed by atoms with Crippen LogP contribution < -0.4 is 0 Å². The average Bonchev–Trinajstić information content (AvgIpc) is 2.60. The number of rotatable bonds is 5. The van der Waals surface area contributed by atoms with Crippen molar-refractivity contribution in [2.75, 3.05) is 0 Å². The monoisotopic (exact) mass is 230 g/mol. The van der Waals surface area contributed by atoms with Crippen LogP contribution in [0.1, 0.15) is 53.3 Å². The molecule has 0 bridgehead atoms. The molecule has 2 amide bonds. The maximum absolute atomic E-state index is 11.9. The quantitative estimate of drug-likeness (QED) is 0.576. The van der Waals surface area contributed by atoms with Crippen LogP contribution in [0.4, 0.5) is 0 Å². The van der Waals surface area contributed by atoms with Crippen molar-refractivity contribution in [2.24, 2.45) is 0 Å². The summed E-state index contributed by atoms with van der Waals surface area (Å²) in [5, 5.41) is 0. The summed E-state index contributed by atoms with van der Waals surface area (Å²) in [5.74, 6) is -0.385. The van der Waals surface area contributed by atoms with Crippen LogP contribution in [-0.2, 0) is 0 Å². The highest BCUT2D eigenvalue weighted by Gasteiger charge is 2.34. The lowest BCUT2D eigenvalue weighted by molar-refractivity contribution is 0.0692. The van der Waals surface area contributed by atoms with Crippen LogP contribution >= 0.6 is 0 Å². The van der Waals surface area contributed by atoms with Gasteiger partial charge in [0, 0.05) is 0 Å². The standard InChI is InChI=1S/C14H16NO2/c1-2-3-4-7-10-15-13(16)11-8-5-6-9-12(11)14(15)17/h5-6,8-10H,2-4,7H2,1H3. The molecule has 2 rings (SSSR count). The van der Waals surface area contributed by atoms with Crippen molar-refractivity contribution in [2.45, 2.75) is 32.6 Å². The smallest absolute Gasteiger partial charge is 0.261 e. The van der Waals surface area contributed by atoms with E-state index in [1.165, 1.54) is 4.90 Å². The Kier molecular flexibility index (Phi) is 3.57. The van der Waals surface area contributed by atoms with Crippen molar-refractivity contribution >= 4 is 11.8 Å². The van der Waals surface area contributed by atoms with E-state index < -0.39 is 0 Å². The van der Waals surface area contributed by atoms with Gasteiger partial charge >= 0.3 is 0 Å². The summed E-state index contributed by atoms with van der Waals surface area (Å²) in [4.78, 5) is 25.1. The molecule has 0 fully saturated rings. The Morgan fingerprint density at radius 1 is 1.06 bits per heavy atom. The van der Waals surface area contributed by atoms with Gasteiger partial charge in [-0.2, -0.15) is 0 Å². The Morgan fingerprint density at radius 3 is 2.18 bits per heavy atom. The minimum absolute atomic E-state index is 0.193. The highest BCUT2D eigenvalue weighted by Crippen LogP contribution is 2.24. The summed E-state index contributed by atoms with van der Waals surface area (Å²) in [6.07, 6.45) is 4.05. The van der Waals surface area contributed by atoms with Crippen molar-refractivity contribution in [1.29, 1.82) is 0 Å². The molecule has 17 heavy (non-hydrogen) atoms. The van der Waals surface area contributed by atoms with Gasteiger partial charge in [-0.3, -0.25) is 14.5 Å². The van der Waals surface area contributed by atoms with Gasteiger partial charge in [0.2, 0.25) is 0 Å². The summed E-state index contributed by atoms with van der Waals surface area (Å²) >= 11 is 0. The number of imide groups is 1. The van der Waals surface area contributed by atoms with Crippen LogP contribution in [0.3, 0.4) is 0 Å². The number of hydrogen-bond donors (Lipinski definition) is 0. The number of amides is 2. The minimum atomic E-state index is -0.193. The fraction of sp³-hybridized carbons (Fsp3) is 0.357. The van der Waals surface area contributed by atoms with Crippen LogP contribution in [0, 0.1) is 6.54 Å². The summed E-state index contributed by atoms with van der Waals surface area (Å²) in [6, 6.07) is 6.97. The third-order valence-corrected chi connectivity index (χ3v) is 2.94. The van der Waals surface area contributed by atoms with E-state index in [1.54, 1.807) is 30.8 Å². The van der Waals surface area contributed by atoms with Crippen molar-refractivity contribution in [3.05, 3.63) is 41.9 Å².